The van der Waals surface area contributed by atoms with Crippen molar-refractivity contribution in [2.24, 2.45) is 5.11 Å². The van der Waals surface area contributed by atoms with E-state index in [0.717, 1.165) is 0 Å². The Morgan fingerprint density at radius 1 is 1.47 bits per heavy atom. The van der Waals surface area contributed by atoms with Crippen molar-refractivity contribution < 1.29 is 19.4 Å². The molecule has 0 radical (unpaired) electrons. The predicted molar refractivity (Wildman–Crippen MR) is 59.4 cm³/mol. The van der Waals surface area contributed by atoms with Crippen molar-refractivity contribution in [2.45, 2.75) is 45.4 Å². The van der Waals surface area contributed by atoms with Crippen molar-refractivity contribution in [1.29, 1.82) is 0 Å². The topological polar surface area (TPSA) is 124 Å². The van der Waals surface area contributed by atoms with E-state index < -0.39 is 29.7 Å². The Balaban J connectivity index is 4.62. The summed E-state index contributed by atoms with van der Waals surface area (Å²) in [5.41, 5.74) is 7.48. The number of alkyl carbamates (subject to hydrolysis) is 1. The van der Waals surface area contributed by atoms with E-state index >= 15 is 0 Å². The number of azide groups is 1. The third kappa shape index (κ3) is 6.26. The molecule has 0 aliphatic rings. The molecule has 0 aromatic rings. The number of carbonyl (C=O) groups excluding carboxylic acids is 1. The van der Waals surface area contributed by atoms with Crippen molar-refractivity contribution in [3.05, 3.63) is 10.4 Å². The van der Waals surface area contributed by atoms with Crippen LogP contribution in [0.15, 0.2) is 5.11 Å². The summed E-state index contributed by atoms with van der Waals surface area (Å²) >= 11 is 0. The summed E-state index contributed by atoms with van der Waals surface area (Å²) in [7, 11) is 0. The highest BCUT2D eigenvalue weighted by Crippen LogP contribution is 2.08. The molecule has 0 saturated carbocycles. The zero-order valence-corrected chi connectivity index (χ0v) is 10.2. The summed E-state index contributed by atoms with van der Waals surface area (Å²) in [5.74, 6) is -1.30. The monoisotopic (exact) mass is 244 g/mol. The molecule has 0 aliphatic heterocycles. The highest BCUT2D eigenvalue weighted by Gasteiger charge is 2.28. The van der Waals surface area contributed by atoms with E-state index in [0.29, 0.717) is 0 Å². The number of amides is 1. The summed E-state index contributed by atoms with van der Waals surface area (Å²) < 4.78 is 4.90. The summed E-state index contributed by atoms with van der Waals surface area (Å²) in [6.07, 6.45) is -0.870. The minimum absolute atomic E-state index is 0.727. The number of nitrogens with zero attached hydrogens (tertiary/aromatic N) is 3. The minimum atomic E-state index is -1.32. The molecule has 0 aromatic carbocycles. The van der Waals surface area contributed by atoms with Crippen LogP contribution in [0.1, 0.15) is 27.7 Å². The molecule has 0 heterocycles. The summed E-state index contributed by atoms with van der Waals surface area (Å²) in [6, 6.07) is -2.23. The lowest BCUT2D eigenvalue weighted by Crippen LogP contribution is -2.48. The number of nitrogens with one attached hydrogen (secondary N) is 1. The van der Waals surface area contributed by atoms with Crippen LogP contribution in [0, 0.1) is 0 Å². The van der Waals surface area contributed by atoms with Gasteiger partial charge in [-0.15, -0.1) is 0 Å². The Hall–Kier alpha value is -1.95. The first kappa shape index (κ1) is 15.0. The highest BCUT2D eigenvalue weighted by molar-refractivity contribution is 5.80. The predicted octanol–water partition coefficient (Wildman–Crippen LogP) is 1.66. The molecule has 2 N–H and O–H groups in total. The van der Waals surface area contributed by atoms with Crippen molar-refractivity contribution in [1.82, 2.24) is 5.32 Å². The maximum Gasteiger partial charge on any atom is 0.408 e. The molecule has 96 valence electrons. The van der Waals surface area contributed by atoms with E-state index in [9.17, 15) is 9.59 Å². The van der Waals surface area contributed by atoms with E-state index in [4.69, 9.17) is 15.4 Å². The molecule has 0 aromatic heterocycles. The Labute approximate surface area is 98.6 Å². The maximum absolute atomic E-state index is 11.4. The molecule has 0 unspecified atom stereocenters. The first-order chi connectivity index (χ1) is 7.67. The highest BCUT2D eigenvalue weighted by atomic mass is 16.6. The molecule has 17 heavy (non-hydrogen) atoms. The minimum Gasteiger partial charge on any atom is -0.480 e. The summed E-state index contributed by atoms with van der Waals surface area (Å²) in [5, 5.41) is 14.2. The maximum atomic E-state index is 11.4. The molecule has 0 spiro atoms. The molecule has 0 rings (SSSR count). The largest absolute Gasteiger partial charge is 0.480 e. The lowest BCUT2D eigenvalue weighted by atomic mass is 10.1. The van der Waals surface area contributed by atoms with Gasteiger partial charge in [-0.2, -0.15) is 0 Å². The van der Waals surface area contributed by atoms with Crippen molar-refractivity contribution in [3.63, 3.8) is 0 Å². The van der Waals surface area contributed by atoms with Crippen LogP contribution < -0.4 is 5.32 Å². The smallest absolute Gasteiger partial charge is 0.408 e. The number of hydrogen-bond donors (Lipinski definition) is 2. The number of aliphatic carboxylic acids is 1. The van der Waals surface area contributed by atoms with Gasteiger partial charge in [0.2, 0.25) is 0 Å². The average molecular weight is 244 g/mol. The van der Waals surface area contributed by atoms with Crippen LogP contribution in [0.3, 0.4) is 0 Å². The van der Waals surface area contributed by atoms with Crippen LogP contribution in [-0.2, 0) is 9.53 Å². The fourth-order valence-corrected chi connectivity index (χ4v) is 0.971. The normalized spacial score (nSPS) is 14.1. The Morgan fingerprint density at radius 3 is 2.35 bits per heavy atom. The van der Waals surface area contributed by atoms with E-state index in [1.807, 2.05) is 0 Å². The van der Waals surface area contributed by atoms with Crippen LogP contribution >= 0.6 is 0 Å². The Morgan fingerprint density at radius 2 is 2.00 bits per heavy atom. The SMILES string of the molecule is C[C@@H](N=[N+]=[N-])[C@H](NC(=O)OC(C)(C)C)C(=O)O. The molecular formula is C9H16N4O4. The Kier molecular flexibility index (Phi) is 5.27. The molecule has 8 heteroatoms. The van der Waals surface area contributed by atoms with Crippen LogP contribution in [0.4, 0.5) is 4.79 Å². The van der Waals surface area contributed by atoms with Gasteiger partial charge in [0.15, 0.2) is 0 Å². The van der Waals surface area contributed by atoms with Gasteiger partial charge in [0, 0.05) is 4.91 Å². The van der Waals surface area contributed by atoms with Gasteiger partial charge in [-0.25, -0.2) is 9.59 Å². The van der Waals surface area contributed by atoms with Gasteiger partial charge in [0.25, 0.3) is 0 Å². The van der Waals surface area contributed by atoms with Gasteiger partial charge in [-0.05, 0) is 26.3 Å². The van der Waals surface area contributed by atoms with Gasteiger partial charge in [0.1, 0.15) is 11.6 Å². The lowest BCUT2D eigenvalue weighted by Gasteiger charge is -2.23. The second kappa shape index (κ2) is 5.95. The number of rotatable bonds is 4. The Bertz CT molecular complexity index is 343. The van der Waals surface area contributed by atoms with Crippen molar-refractivity contribution >= 4 is 12.1 Å². The average Bonchev–Trinajstić information content (AvgIpc) is 2.11. The summed E-state index contributed by atoms with van der Waals surface area (Å²) in [4.78, 5) is 24.7. The molecule has 1 amide bonds. The first-order valence-corrected chi connectivity index (χ1v) is 4.94. The molecule has 0 aliphatic carbocycles. The molecule has 8 nitrogen and oxygen atoms in total. The summed E-state index contributed by atoms with van der Waals surface area (Å²) in [6.45, 7) is 6.34. The number of carbonyl (C=O) groups is 2. The van der Waals surface area contributed by atoms with E-state index in [1.165, 1.54) is 6.92 Å². The number of ether oxygens (including phenoxy) is 1. The third-order valence-corrected chi connectivity index (χ3v) is 1.65. The number of hydrogen-bond acceptors (Lipinski definition) is 4. The molecule has 0 fully saturated rings. The number of carboxylic acid groups (broad SMARTS) is 1. The molecule has 2 atom stereocenters. The van der Waals surface area contributed by atoms with E-state index in [-0.39, 0.29) is 0 Å². The van der Waals surface area contributed by atoms with Gasteiger partial charge in [0.05, 0.1) is 6.04 Å². The zero-order chi connectivity index (χ0) is 13.6. The van der Waals surface area contributed by atoms with E-state index in [2.05, 4.69) is 15.3 Å². The second-order valence-electron chi connectivity index (χ2n) is 4.41. The zero-order valence-electron chi connectivity index (χ0n) is 10.2. The van der Waals surface area contributed by atoms with Gasteiger partial charge < -0.3 is 15.2 Å². The fourth-order valence-electron chi connectivity index (χ4n) is 0.971. The molecule has 0 bridgehead atoms. The van der Waals surface area contributed by atoms with Crippen molar-refractivity contribution in [2.75, 3.05) is 0 Å². The fraction of sp³-hybridized carbons (Fsp3) is 0.778. The van der Waals surface area contributed by atoms with Crippen LogP contribution in [0.25, 0.3) is 10.4 Å². The first-order valence-electron chi connectivity index (χ1n) is 4.94. The molecular weight excluding hydrogens is 228 g/mol. The quantitative estimate of drug-likeness (QED) is 0.443. The number of carboxylic acids is 1. The lowest BCUT2D eigenvalue weighted by molar-refractivity contribution is -0.139. The third-order valence-electron chi connectivity index (χ3n) is 1.65. The van der Waals surface area contributed by atoms with Crippen LogP contribution in [-0.4, -0.2) is 34.9 Å². The molecule has 0 saturated heterocycles. The van der Waals surface area contributed by atoms with Crippen molar-refractivity contribution in [3.8, 4) is 0 Å². The second-order valence-corrected chi connectivity index (χ2v) is 4.41. The van der Waals surface area contributed by atoms with Crippen LogP contribution in [0.5, 0.6) is 0 Å². The standard InChI is InChI=1S/C9H16N4O4/c1-5(12-13-10)6(7(14)15)11-8(16)17-9(2,3)4/h5-6H,1-4H3,(H,11,16)(H,14,15)/t5-,6+/m1/s1. The van der Waals surface area contributed by atoms with E-state index in [1.54, 1.807) is 20.8 Å². The van der Waals surface area contributed by atoms with Gasteiger partial charge in [-0.3, -0.25) is 0 Å². The van der Waals surface area contributed by atoms with Gasteiger partial charge >= 0.3 is 12.1 Å². The van der Waals surface area contributed by atoms with Crippen LogP contribution in [0.2, 0.25) is 0 Å². The van der Waals surface area contributed by atoms with Gasteiger partial charge in [-0.1, -0.05) is 12.0 Å².